The standard InChI is InChI=1S/C25H28BrClN4O2S/c1-4-13-31-23(10-7-14-33-22-12-11-18(27)15-20(22)26)29-30-25(31)34-16-24(32)28-21-9-6-5-8-19(21)17(2)3/h4-6,8-9,11-12,15,17H,1,7,10,13-14,16H2,2-3H3,(H,28,32). The maximum Gasteiger partial charge on any atom is 0.234 e. The van der Waals surface area contributed by atoms with Crippen LogP contribution in [0.25, 0.3) is 0 Å². The molecule has 0 radical (unpaired) electrons. The van der Waals surface area contributed by atoms with Crippen LogP contribution in [0.3, 0.4) is 0 Å². The quantitative estimate of drug-likeness (QED) is 0.150. The summed E-state index contributed by atoms with van der Waals surface area (Å²) in [6, 6.07) is 13.3. The largest absolute Gasteiger partial charge is 0.492 e. The van der Waals surface area contributed by atoms with Gasteiger partial charge in [-0.05, 0) is 58.1 Å². The molecule has 3 rings (SSSR count). The van der Waals surface area contributed by atoms with E-state index in [1.807, 2.05) is 34.9 Å². The molecule has 0 saturated heterocycles. The zero-order chi connectivity index (χ0) is 24.5. The van der Waals surface area contributed by atoms with Crippen LogP contribution in [0.5, 0.6) is 5.75 Å². The van der Waals surface area contributed by atoms with Gasteiger partial charge in [0.15, 0.2) is 5.16 Å². The fourth-order valence-corrected chi connectivity index (χ4v) is 4.92. The second kappa shape index (κ2) is 13.0. The number of aryl methyl sites for hydroxylation is 1. The normalized spacial score (nSPS) is 11.0. The van der Waals surface area contributed by atoms with E-state index in [1.165, 1.54) is 11.8 Å². The second-order valence-electron chi connectivity index (χ2n) is 7.90. The number of carbonyl (C=O) groups is 1. The molecule has 0 spiro atoms. The lowest BCUT2D eigenvalue weighted by Gasteiger charge is -2.13. The molecule has 0 aliphatic rings. The van der Waals surface area contributed by atoms with Crippen molar-refractivity contribution in [2.45, 2.75) is 44.3 Å². The molecular weight excluding hydrogens is 536 g/mol. The Balaban J connectivity index is 1.55. The van der Waals surface area contributed by atoms with Crippen LogP contribution >= 0.6 is 39.3 Å². The second-order valence-corrected chi connectivity index (χ2v) is 10.1. The Morgan fingerprint density at radius 1 is 1.29 bits per heavy atom. The van der Waals surface area contributed by atoms with E-state index in [-0.39, 0.29) is 11.7 Å². The molecule has 6 nitrogen and oxygen atoms in total. The first-order chi connectivity index (χ1) is 16.4. The molecule has 0 aliphatic heterocycles. The van der Waals surface area contributed by atoms with E-state index in [0.29, 0.717) is 35.7 Å². The Labute approximate surface area is 218 Å². The van der Waals surface area contributed by atoms with E-state index < -0.39 is 0 Å². The number of para-hydroxylation sites is 1. The molecule has 0 aliphatic carbocycles. The third kappa shape index (κ3) is 7.35. The van der Waals surface area contributed by atoms with Crippen molar-refractivity contribution in [2.24, 2.45) is 0 Å². The monoisotopic (exact) mass is 562 g/mol. The fraction of sp³-hybridized carbons (Fsp3) is 0.320. The van der Waals surface area contributed by atoms with Gasteiger partial charge in [0.2, 0.25) is 5.91 Å². The number of benzene rings is 2. The van der Waals surface area contributed by atoms with Crippen LogP contribution in [0.2, 0.25) is 5.02 Å². The molecule has 0 unspecified atom stereocenters. The van der Waals surface area contributed by atoms with Crippen molar-refractivity contribution < 1.29 is 9.53 Å². The number of nitrogens with one attached hydrogen (secondary N) is 1. The minimum atomic E-state index is -0.0743. The van der Waals surface area contributed by atoms with Crippen LogP contribution in [0, 0.1) is 0 Å². The maximum atomic E-state index is 12.6. The molecule has 0 atom stereocenters. The minimum Gasteiger partial charge on any atom is -0.492 e. The summed E-state index contributed by atoms with van der Waals surface area (Å²) in [5.74, 6) is 2.09. The molecule has 2 aromatic carbocycles. The highest BCUT2D eigenvalue weighted by molar-refractivity contribution is 9.10. The fourth-order valence-electron chi connectivity index (χ4n) is 3.36. The van der Waals surface area contributed by atoms with Crippen LogP contribution in [-0.2, 0) is 17.8 Å². The Hall–Kier alpha value is -2.29. The molecule has 34 heavy (non-hydrogen) atoms. The molecule has 3 aromatic rings. The Morgan fingerprint density at radius 2 is 2.09 bits per heavy atom. The number of hydrogen-bond donors (Lipinski definition) is 1. The van der Waals surface area contributed by atoms with E-state index >= 15 is 0 Å². The van der Waals surface area contributed by atoms with Crippen molar-refractivity contribution in [3.05, 3.63) is 76.0 Å². The number of ether oxygens (including phenoxy) is 1. The number of thioether (sulfide) groups is 1. The summed E-state index contributed by atoms with van der Waals surface area (Å²) in [4.78, 5) is 12.6. The molecule has 1 N–H and O–H groups in total. The lowest BCUT2D eigenvalue weighted by atomic mass is 10.0. The summed E-state index contributed by atoms with van der Waals surface area (Å²) < 4.78 is 8.65. The van der Waals surface area contributed by atoms with Crippen molar-refractivity contribution >= 4 is 50.9 Å². The summed E-state index contributed by atoms with van der Waals surface area (Å²) in [6.07, 6.45) is 3.26. The summed E-state index contributed by atoms with van der Waals surface area (Å²) in [6.45, 7) is 9.17. The van der Waals surface area contributed by atoms with Gasteiger partial charge in [-0.3, -0.25) is 4.79 Å². The highest BCUT2D eigenvalue weighted by Gasteiger charge is 2.15. The number of allylic oxidation sites excluding steroid dienone is 1. The van der Waals surface area contributed by atoms with Crippen LogP contribution in [0.1, 0.15) is 37.6 Å². The SMILES string of the molecule is C=CCn1c(CCCOc2ccc(Cl)cc2Br)nnc1SCC(=O)Nc1ccccc1C(C)C. The van der Waals surface area contributed by atoms with Crippen molar-refractivity contribution in [1.29, 1.82) is 0 Å². The van der Waals surface area contributed by atoms with Crippen LogP contribution in [-0.4, -0.2) is 33.0 Å². The zero-order valence-corrected chi connectivity index (χ0v) is 22.4. The van der Waals surface area contributed by atoms with Crippen LogP contribution < -0.4 is 10.1 Å². The number of halogens is 2. The molecule has 9 heteroatoms. The van der Waals surface area contributed by atoms with Gasteiger partial charge in [0.05, 0.1) is 16.8 Å². The van der Waals surface area contributed by atoms with E-state index in [1.54, 1.807) is 18.2 Å². The lowest BCUT2D eigenvalue weighted by Crippen LogP contribution is -2.16. The van der Waals surface area contributed by atoms with Crippen molar-refractivity contribution in [1.82, 2.24) is 14.8 Å². The molecule has 180 valence electrons. The smallest absolute Gasteiger partial charge is 0.234 e. The first-order valence-electron chi connectivity index (χ1n) is 11.0. The van der Waals surface area contributed by atoms with Crippen molar-refractivity contribution in [2.75, 3.05) is 17.7 Å². The van der Waals surface area contributed by atoms with Crippen molar-refractivity contribution in [3.8, 4) is 5.75 Å². The first kappa shape index (κ1) is 26.3. The van der Waals surface area contributed by atoms with E-state index in [4.69, 9.17) is 16.3 Å². The first-order valence-corrected chi connectivity index (χ1v) is 13.2. The van der Waals surface area contributed by atoms with Crippen LogP contribution in [0.4, 0.5) is 5.69 Å². The summed E-state index contributed by atoms with van der Waals surface area (Å²) in [7, 11) is 0. The highest BCUT2D eigenvalue weighted by atomic mass is 79.9. The van der Waals surface area contributed by atoms with E-state index in [0.717, 1.165) is 33.7 Å². The van der Waals surface area contributed by atoms with Crippen LogP contribution in [0.15, 0.2) is 64.7 Å². The summed E-state index contributed by atoms with van der Waals surface area (Å²) in [5.41, 5.74) is 1.97. The number of nitrogens with zero attached hydrogens (tertiary/aromatic N) is 3. The topological polar surface area (TPSA) is 69.0 Å². The third-order valence-corrected chi connectivity index (χ3v) is 6.81. The van der Waals surface area contributed by atoms with Gasteiger partial charge in [0, 0.05) is 23.7 Å². The Kier molecular flexibility index (Phi) is 10.0. The Bertz CT molecular complexity index is 1140. The summed E-state index contributed by atoms with van der Waals surface area (Å²) >= 11 is 10.8. The van der Waals surface area contributed by atoms with Gasteiger partial charge in [-0.2, -0.15) is 0 Å². The molecule has 1 aromatic heterocycles. The molecule has 1 amide bonds. The molecule has 0 fully saturated rings. The van der Waals surface area contributed by atoms with Gasteiger partial charge >= 0.3 is 0 Å². The minimum absolute atomic E-state index is 0.0743. The average Bonchev–Trinajstić information content (AvgIpc) is 3.18. The van der Waals surface area contributed by atoms with E-state index in [9.17, 15) is 4.79 Å². The number of amides is 1. The number of hydrogen-bond acceptors (Lipinski definition) is 5. The van der Waals surface area contributed by atoms with Gasteiger partial charge in [-0.1, -0.05) is 61.5 Å². The highest BCUT2D eigenvalue weighted by Crippen LogP contribution is 2.28. The van der Waals surface area contributed by atoms with Crippen molar-refractivity contribution in [3.63, 3.8) is 0 Å². The number of aromatic nitrogens is 3. The van der Waals surface area contributed by atoms with E-state index in [2.05, 4.69) is 51.9 Å². The lowest BCUT2D eigenvalue weighted by molar-refractivity contribution is -0.113. The molecule has 1 heterocycles. The van der Waals surface area contributed by atoms with Gasteiger partial charge in [0.25, 0.3) is 0 Å². The average molecular weight is 564 g/mol. The summed E-state index contributed by atoms with van der Waals surface area (Å²) in [5, 5.41) is 13.0. The predicted octanol–water partition coefficient (Wildman–Crippen LogP) is 6.75. The Morgan fingerprint density at radius 3 is 2.82 bits per heavy atom. The number of rotatable bonds is 12. The van der Waals surface area contributed by atoms with Gasteiger partial charge in [-0.25, -0.2) is 0 Å². The van der Waals surface area contributed by atoms with Gasteiger partial charge in [-0.15, -0.1) is 16.8 Å². The maximum absolute atomic E-state index is 12.6. The number of anilines is 1. The zero-order valence-electron chi connectivity index (χ0n) is 19.3. The third-order valence-electron chi connectivity index (χ3n) is 4.99. The number of carbonyl (C=O) groups excluding carboxylic acids is 1. The molecule has 0 saturated carbocycles. The molecular formula is C25H28BrClN4O2S. The van der Waals surface area contributed by atoms with Gasteiger partial charge in [0.1, 0.15) is 11.6 Å². The van der Waals surface area contributed by atoms with Gasteiger partial charge < -0.3 is 14.6 Å². The molecule has 0 bridgehead atoms. The predicted molar refractivity (Wildman–Crippen MR) is 143 cm³/mol.